The molecule has 3 aliphatic carbocycles. The van der Waals surface area contributed by atoms with Crippen molar-refractivity contribution in [1.29, 1.82) is 0 Å². The molecule has 2 unspecified atom stereocenters. The zero-order valence-corrected chi connectivity index (χ0v) is 8.67. The molecule has 0 saturated heterocycles. The number of carbonyl (C=O) groups is 1. The van der Waals surface area contributed by atoms with E-state index in [4.69, 9.17) is 0 Å². The van der Waals surface area contributed by atoms with Gasteiger partial charge in [-0.2, -0.15) is 0 Å². The molecular formula is C13H18O. The van der Waals surface area contributed by atoms with Crippen LogP contribution in [0, 0.1) is 17.3 Å². The van der Waals surface area contributed by atoms with E-state index in [1.54, 1.807) is 0 Å². The normalized spacial score (nSPS) is 40.1. The summed E-state index contributed by atoms with van der Waals surface area (Å²) in [6, 6.07) is 0. The summed E-state index contributed by atoms with van der Waals surface area (Å²) in [6.45, 7) is 0. The number of hydrogen-bond donors (Lipinski definition) is 0. The fourth-order valence-electron chi connectivity index (χ4n) is 3.52. The number of ketones is 1. The van der Waals surface area contributed by atoms with Crippen LogP contribution in [-0.4, -0.2) is 5.78 Å². The Kier molecular flexibility index (Phi) is 1.83. The zero-order valence-electron chi connectivity index (χ0n) is 8.67. The molecular weight excluding hydrogens is 172 g/mol. The minimum absolute atomic E-state index is 0.211. The second-order valence-electron chi connectivity index (χ2n) is 5.39. The molecule has 3 rings (SSSR count). The molecule has 0 bridgehead atoms. The van der Waals surface area contributed by atoms with E-state index >= 15 is 0 Å². The average molecular weight is 190 g/mol. The van der Waals surface area contributed by atoms with Crippen LogP contribution in [0.25, 0.3) is 0 Å². The Morgan fingerprint density at radius 1 is 1.36 bits per heavy atom. The summed E-state index contributed by atoms with van der Waals surface area (Å²) < 4.78 is 0. The van der Waals surface area contributed by atoms with Crippen LogP contribution in [0.2, 0.25) is 0 Å². The molecule has 76 valence electrons. The van der Waals surface area contributed by atoms with E-state index in [0.717, 1.165) is 25.2 Å². The summed E-state index contributed by atoms with van der Waals surface area (Å²) in [5, 5.41) is 0. The van der Waals surface area contributed by atoms with Crippen molar-refractivity contribution in [3.05, 3.63) is 12.2 Å². The second-order valence-corrected chi connectivity index (χ2v) is 5.39. The van der Waals surface area contributed by atoms with E-state index in [0.29, 0.717) is 11.7 Å². The topological polar surface area (TPSA) is 17.1 Å². The summed E-state index contributed by atoms with van der Waals surface area (Å²) in [7, 11) is 0. The molecule has 0 radical (unpaired) electrons. The third-order valence-electron chi connectivity index (χ3n) is 4.54. The fraction of sp³-hybridized carbons (Fsp3) is 0.769. The van der Waals surface area contributed by atoms with Crippen molar-refractivity contribution in [2.24, 2.45) is 17.3 Å². The Morgan fingerprint density at radius 3 is 2.71 bits per heavy atom. The average Bonchev–Trinajstić information content (AvgIpc) is 2.62. The molecule has 14 heavy (non-hydrogen) atoms. The highest BCUT2D eigenvalue weighted by atomic mass is 16.1. The van der Waals surface area contributed by atoms with Gasteiger partial charge < -0.3 is 0 Å². The van der Waals surface area contributed by atoms with Crippen molar-refractivity contribution in [3.63, 3.8) is 0 Å². The van der Waals surface area contributed by atoms with Crippen molar-refractivity contribution < 1.29 is 4.79 Å². The van der Waals surface area contributed by atoms with Gasteiger partial charge in [-0.1, -0.05) is 18.6 Å². The molecule has 2 saturated carbocycles. The molecule has 1 heteroatoms. The molecule has 0 aromatic rings. The molecule has 0 aromatic carbocycles. The first-order chi connectivity index (χ1) is 6.81. The van der Waals surface area contributed by atoms with E-state index in [1.165, 1.54) is 25.7 Å². The van der Waals surface area contributed by atoms with Gasteiger partial charge in [-0.15, -0.1) is 0 Å². The Bertz CT molecular complexity index is 284. The molecule has 0 aliphatic heterocycles. The van der Waals surface area contributed by atoms with Gasteiger partial charge in [0.1, 0.15) is 5.78 Å². The highest BCUT2D eigenvalue weighted by Gasteiger charge is 2.61. The quantitative estimate of drug-likeness (QED) is 0.625. The summed E-state index contributed by atoms with van der Waals surface area (Å²) in [5.41, 5.74) is 0.211. The summed E-state index contributed by atoms with van der Waals surface area (Å²) in [6.07, 6.45) is 12.7. The minimum Gasteiger partial charge on any atom is -0.299 e. The lowest BCUT2D eigenvalue weighted by atomic mass is 9.89. The van der Waals surface area contributed by atoms with E-state index in [2.05, 4.69) is 12.2 Å². The number of allylic oxidation sites excluding steroid dienone is 2. The fourth-order valence-corrected chi connectivity index (χ4v) is 3.52. The largest absolute Gasteiger partial charge is 0.299 e. The smallest absolute Gasteiger partial charge is 0.139 e. The van der Waals surface area contributed by atoms with Crippen molar-refractivity contribution in [1.82, 2.24) is 0 Å². The number of fused-ring (bicyclic) bond motifs is 1. The van der Waals surface area contributed by atoms with Crippen molar-refractivity contribution in [2.75, 3.05) is 0 Å². The Morgan fingerprint density at radius 2 is 2.14 bits per heavy atom. The standard InChI is InChI=1S/C13H18O/c14-12(8-10-4-1-2-5-10)13-7-3-6-11(13)9-13/h1-2,10-11H,3-9H2. The number of hydrogen-bond acceptors (Lipinski definition) is 1. The first-order valence-corrected chi connectivity index (χ1v) is 5.99. The van der Waals surface area contributed by atoms with Crippen molar-refractivity contribution in [3.8, 4) is 0 Å². The van der Waals surface area contributed by atoms with E-state index in [-0.39, 0.29) is 5.41 Å². The maximum atomic E-state index is 12.1. The van der Waals surface area contributed by atoms with Crippen LogP contribution < -0.4 is 0 Å². The zero-order chi connectivity index (χ0) is 9.60. The minimum atomic E-state index is 0.211. The van der Waals surface area contributed by atoms with Crippen molar-refractivity contribution >= 4 is 5.78 Å². The van der Waals surface area contributed by atoms with Gasteiger partial charge in [0.25, 0.3) is 0 Å². The lowest BCUT2D eigenvalue weighted by molar-refractivity contribution is -0.125. The molecule has 3 aliphatic rings. The first kappa shape index (κ1) is 8.70. The van der Waals surface area contributed by atoms with Gasteiger partial charge in [-0.3, -0.25) is 4.79 Å². The predicted molar refractivity (Wildman–Crippen MR) is 55.9 cm³/mol. The summed E-state index contributed by atoms with van der Waals surface area (Å²) >= 11 is 0. The molecule has 0 heterocycles. The number of rotatable bonds is 3. The van der Waals surface area contributed by atoms with Crippen molar-refractivity contribution in [2.45, 2.75) is 44.9 Å². The van der Waals surface area contributed by atoms with E-state index in [1.807, 2.05) is 0 Å². The highest BCUT2D eigenvalue weighted by Crippen LogP contribution is 2.64. The number of carbonyl (C=O) groups excluding carboxylic acids is 1. The van der Waals surface area contributed by atoms with E-state index < -0.39 is 0 Å². The second kappa shape index (κ2) is 2.95. The summed E-state index contributed by atoms with van der Waals surface area (Å²) in [4.78, 5) is 12.1. The van der Waals surface area contributed by atoms with Gasteiger partial charge in [0, 0.05) is 11.8 Å². The van der Waals surface area contributed by atoms with E-state index in [9.17, 15) is 4.79 Å². The summed E-state index contributed by atoms with van der Waals surface area (Å²) in [5.74, 6) is 2.05. The monoisotopic (exact) mass is 190 g/mol. The van der Waals surface area contributed by atoms with Crippen LogP contribution in [0.15, 0.2) is 12.2 Å². The van der Waals surface area contributed by atoms with Crippen LogP contribution in [-0.2, 0) is 4.79 Å². The number of Topliss-reactive ketones (excluding diaryl/α,β-unsaturated/α-hetero) is 1. The third-order valence-corrected chi connectivity index (χ3v) is 4.54. The molecule has 0 amide bonds. The Balaban J connectivity index is 1.61. The van der Waals surface area contributed by atoms with Gasteiger partial charge >= 0.3 is 0 Å². The SMILES string of the molecule is O=C(CC1CC=CC1)C12CCCC1C2. The first-order valence-electron chi connectivity index (χ1n) is 5.99. The molecule has 2 fully saturated rings. The van der Waals surface area contributed by atoms with Crippen LogP contribution in [0.5, 0.6) is 0 Å². The van der Waals surface area contributed by atoms with Gasteiger partial charge in [0.2, 0.25) is 0 Å². The lowest BCUT2D eigenvalue weighted by Gasteiger charge is -2.14. The molecule has 0 N–H and O–H groups in total. The lowest BCUT2D eigenvalue weighted by Crippen LogP contribution is -2.18. The maximum Gasteiger partial charge on any atom is 0.139 e. The van der Waals surface area contributed by atoms with Gasteiger partial charge in [-0.05, 0) is 43.9 Å². The van der Waals surface area contributed by atoms with Crippen LogP contribution in [0.4, 0.5) is 0 Å². The van der Waals surface area contributed by atoms with Crippen LogP contribution in [0.3, 0.4) is 0 Å². The van der Waals surface area contributed by atoms with Crippen LogP contribution >= 0.6 is 0 Å². The van der Waals surface area contributed by atoms with Gasteiger partial charge in [0.05, 0.1) is 0 Å². The highest BCUT2D eigenvalue weighted by molar-refractivity contribution is 5.88. The van der Waals surface area contributed by atoms with Crippen LogP contribution in [0.1, 0.15) is 44.9 Å². The molecule has 1 nitrogen and oxygen atoms in total. The molecule has 0 spiro atoms. The Hall–Kier alpha value is -0.590. The maximum absolute atomic E-state index is 12.1. The van der Waals surface area contributed by atoms with Gasteiger partial charge in [0.15, 0.2) is 0 Å². The molecule has 2 atom stereocenters. The molecule has 0 aromatic heterocycles. The van der Waals surface area contributed by atoms with Gasteiger partial charge in [-0.25, -0.2) is 0 Å². The third kappa shape index (κ3) is 1.18. The Labute approximate surface area is 85.6 Å². The predicted octanol–water partition coefficient (Wildman–Crippen LogP) is 3.10.